The Morgan fingerprint density at radius 2 is 2.09 bits per heavy atom. The van der Waals surface area contributed by atoms with Crippen LogP contribution in [-0.2, 0) is 22.6 Å². The molecule has 2 heterocycles. The molecule has 1 N–H and O–H groups in total. The summed E-state index contributed by atoms with van der Waals surface area (Å²) in [5.74, 6) is -0.456. The standard InChI is InChI=1S/C17H15FN2O2S/c18-13-5-3-11(4-6-13)10-20-16(22)9-15-14(21)8-12-2-1-7-19-17(12)23-15/h1-7,15H,8-10H2,(H,20,22). The number of halogens is 1. The molecule has 1 aliphatic rings. The maximum absolute atomic E-state index is 12.8. The Morgan fingerprint density at radius 1 is 1.30 bits per heavy atom. The van der Waals surface area contributed by atoms with Crippen molar-refractivity contribution in [2.75, 3.05) is 0 Å². The lowest BCUT2D eigenvalue weighted by Gasteiger charge is -2.21. The number of aromatic nitrogens is 1. The van der Waals surface area contributed by atoms with Crippen LogP contribution in [0.4, 0.5) is 4.39 Å². The van der Waals surface area contributed by atoms with Crippen molar-refractivity contribution < 1.29 is 14.0 Å². The van der Waals surface area contributed by atoms with Gasteiger partial charge >= 0.3 is 0 Å². The first-order valence-electron chi connectivity index (χ1n) is 7.26. The summed E-state index contributed by atoms with van der Waals surface area (Å²) in [5.41, 5.74) is 1.74. The van der Waals surface area contributed by atoms with Crippen molar-refractivity contribution in [3.63, 3.8) is 0 Å². The van der Waals surface area contributed by atoms with Crippen LogP contribution in [0, 0.1) is 5.82 Å². The lowest BCUT2D eigenvalue weighted by atomic mass is 10.1. The van der Waals surface area contributed by atoms with E-state index in [4.69, 9.17) is 0 Å². The van der Waals surface area contributed by atoms with Gasteiger partial charge in [-0.3, -0.25) is 9.59 Å². The highest BCUT2D eigenvalue weighted by Gasteiger charge is 2.29. The third-order valence-corrected chi connectivity index (χ3v) is 4.91. The Bertz CT molecular complexity index is 734. The Hall–Kier alpha value is -2.21. The first-order chi connectivity index (χ1) is 11.1. The Kier molecular flexibility index (Phi) is 4.71. The number of thioether (sulfide) groups is 1. The number of pyridine rings is 1. The molecule has 1 aromatic heterocycles. The second-order valence-electron chi connectivity index (χ2n) is 5.32. The molecule has 1 aliphatic heterocycles. The van der Waals surface area contributed by atoms with E-state index in [1.54, 1.807) is 18.3 Å². The average Bonchev–Trinajstić information content (AvgIpc) is 2.55. The van der Waals surface area contributed by atoms with Gasteiger partial charge in [-0.2, -0.15) is 0 Å². The van der Waals surface area contributed by atoms with Crippen molar-refractivity contribution in [1.82, 2.24) is 10.3 Å². The molecule has 0 bridgehead atoms. The number of amides is 1. The van der Waals surface area contributed by atoms with Crippen LogP contribution in [0.15, 0.2) is 47.6 Å². The quantitative estimate of drug-likeness (QED) is 0.936. The summed E-state index contributed by atoms with van der Waals surface area (Å²) in [5, 5.41) is 3.19. The minimum absolute atomic E-state index is 0.0485. The highest BCUT2D eigenvalue weighted by molar-refractivity contribution is 8.00. The third kappa shape index (κ3) is 3.96. The van der Waals surface area contributed by atoms with E-state index in [-0.39, 0.29) is 23.9 Å². The molecule has 6 heteroatoms. The first-order valence-corrected chi connectivity index (χ1v) is 8.14. The minimum Gasteiger partial charge on any atom is -0.352 e. The maximum Gasteiger partial charge on any atom is 0.221 e. The second kappa shape index (κ2) is 6.91. The first kappa shape index (κ1) is 15.7. The predicted molar refractivity (Wildman–Crippen MR) is 85.5 cm³/mol. The number of fused-ring (bicyclic) bond motifs is 1. The zero-order valence-electron chi connectivity index (χ0n) is 12.3. The highest BCUT2D eigenvalue weighted by atomic mass is 32.2. The van der Waals surface area contributed by atoms with Gasteiger partial charge in [0, 0.05) is 25.6 Å². The lowest BCUT2D eigenvalue weighted by molar-refractivity contribution is -0.125. The summed E-state index contributed by atoms with van der Waals surface area (Å²) in [4.78, 5) is 28.4. The SMILES string of the molecule is O=C(CC1Sc2ncccc2CC1=O)NCc1ccc(F)cc1. The number of nitrogens with zero attached hydrogens (tertiary/aromatic N) is 1. The molecule has 0 fully saturated rings. The Balaban J connectivity index is 1.56. The van der Waals surface area contributed by atoms with E-state index in [0.29, 0.717) is 13.0 Å². The molecule has 0 spiro atoms. The Labute approximate surface area is 137 Å². The predicted octanol–water partition coefficient (Wildman–Crippen LogP) is 2.51. The number of Topliss-reactive ketones (excluding diaryl/α,β-unsaturated/α-hetero) is 1. The number of carbonyl (C=O) groups excluding carboxylic acids is 2. The molecule has 0 radical (unpaired) electrons. The number of carbonyl (C=O) groups is 2. The number of nitrogens with one attached hydrogen (secondary N) is 1. The fraction of sp³-hybridized carbons (Fsp3) is 0.235. The molecule has 1 atom stereocenters. The van der Waals surface area contributed by atoms with Crippen molar-refractivity contribution in [3.05, 3.63) is 59.5 Å². The summed E-state index contributed by atoms with van der Waals surface area (Å²) in [6, 6.07) is 9.64. The molecule has 1 amide bonds. The van der Waals surface area contributed by atoms with Crippen molar-refractivity contribution in [3.8, 4) is 0 Å². The minimum atomic E-state index is -0.398. The van der Waals surface area contributed by atoms with Gasteiger partial charge in [-0.1, -0.05) is 30.0 Å². The molecule has 1 aromatic carbocycles. The molecule has 23 heavy (non-hydrogen) atoms. The maximum atomic E-state index is 12.8. The molecule has 118 valence electrons. The number of ketones is 1. The molecule has 3 rings (SSSR count). The van der Waals surface area contributed by atoms with E-state index >= 15 is 0 Å². The van der Waals surface area contributed by atoms with Crippen LogP contribution >= 0.6 is 11.8 Å². The molecular formula is C17H15FN2O2S. The monoisotopic (exact) mass is 330 g/mol. The van der Waals surface area contributed by atoms with Crippen LogP contribution in [0.25, 0.3) is 0 Å². The average molecular weight is 330 g/mol. The highest BCUT2D eigenvalue weighted by Crippen LogP contribution is 2.33. The van der Waals surface area contributed by atoms with Crippen molar-refractivity contribution >= 4 is 23.5 Å². The summed E-state index contributed by atoms with van der Waals surface area (Å²) in [6.45, 7) is 0.319. The molecule has 1 unspecified atom stereocenters. The third-order valence-electron chi connectivity index (χ3n) is 3.60. The molecular weight excluding hydrogens is 315 g/mol. The number of hydrogen-bond donors (Lipinski definition) is 1. The van der Waals surface area contributed by atoms with E-state index < -0.39 is 5.25 Å². The fourth-order valence-electron chi connectivity index (χ4n) is 2.37. The van der Waals surface area contributed by atoms with Gasteiger partial charge in [0.2, 0.25) is 5.91 Å². The second-order valence-corrected chi connectivity index (χ2v) is 6.52. The summed E-state index contributed by atoms with van der Waals surface area (Å²) < 4.78 is 12.8. The van der Waals surface area contributed by atoms with Crippen LogP contribution in [0.2, 0.25) is 0 Å². The molecule has 0 saturated heterocycles. The van der Waals surface area contributed by atoms with E-state index in [1.165, 1.54) is 23.9 Å². The zero-order chi connectivity index (χ0) is 16.2. The van der Waals surface area contributed by atoms with Gasteiger partial charge < -0.3 is 5.32 Å². The van der Waals surface area contributed by atoms with E-state index in [1.807, 2.05) is 12.1 Å². The van der Waals surface area contributed by atoms with Crippen LogP contribution in [0.3, 0.4) is 0 Å². The van der Waals surface area contributed by atoms with Crippen molar-refractivity contribution in [2.45, 2.75) is 29.7 Å². The number of rotatable bonds is 4. The number of hydrogen-bond acceptors (Lipinski definition) is 4. The Morgan fingerprint density at radius 3 is 2.87 bits per heavy atom. The summed E-state index contributed by atoms with van der Waals surface area (Å²) in [6.07, 6.45) is 2.14. The number of benzene rings is 1. The van der Waals surface area contributed by atoms with Gasteiger partial charge in [0.15, 0.2) is 5.78 Å². The normalized spacial score (nSPS) is 16.7. The molecule has 0 saturated carbocycles. The molecule has 0 aliphatic carbocycles. The molecule has 4 nitrogen and oxygen atoms in total. The lowest BCUT2D eigenvalue weighted by Crippen LogP contribution is -2.32. The van der Waals surface area contributed by atoms with Gasteiger partial charge in [-0.05, 0) is 29.3 Å². The van der Waals surface area contributed by atoms with Gasteiger partial charge in [0.05, 0.1) is 5.25 Å². The van der Waals surface area contributed by atoms with E-state index in [0.717, 1.165) is 16.2 Å². The van der Waals surface area contributed by atoms with Crippen LogP contribution < -0.4 is 5.32 Å². The van der Waals surface area contributed by atoms with Gasteiger partial charge in [-0.25, -0.2) is 9.37 Å². The van der Waals surface area contributed by atoms with E-state index in [9.17, 15) is 14.0 Å². The molecule has 2 aromatic rings. The van der Waals surface area contributed by atoms with Crippen molar-refractivity contribution in [1.29, 1.82) is 0 Å². The van der Waals surface area contributed by atoms with E-state index in [2.05, 4.69) is 10.3 Å². The van der Waals surface area contributed by atoms with Crippen LogP contribution in [0.1, 0.15) is 17.5 Å². The smallest absolute Gasteiger partial charge is 0.221 e. The summed E-state index contributed by atoms with van der Waals surface area (Å²) in [7, 11) is 0. The van der Waals surface area contributed by atoms with Gasteiger partial charge in [0.25, 0.3) is 0 Å². The summed E-state index contributed by atoms with van der Waals surface area (Å²) >= 11 is 1.35. The zero-order valence-corrected chi connectivity index (χ0v) is 13.1. The van der Waals surface area contributed by atoms with Gasteiger partial charge in [-0.15, -0.1) is 0 Å². The van der Waals surface area contributed by atoms with Crippen molar-refractivity contribution in [2.24, 2.45) is 0 Å². The topological polar surface area (TPSA) is 59.1 Å². The van der Waals surface area contributed by atoms with Crippen LogP contribution in [-0.4, -0.2) is 21.9 Å². The van der Waals surface area contributed by atoms with Crippen LogP contribution in [0.5, 0.6) is 0 Å². The largest absolute Gasteiger partial charge is 0.352 e. The fourth-order valence-corrected chi connectivity index (χ4v) is 3.50. The van der Waals surface area contributed by atoms with Gasteiger partial charge in [0.1, 0.15) is 10.8 Å².